The van der Waals surface area contributed by atoms with Gasteiger partial charge in [-0.1, -0.05) is 127 Å². The van der Waals surface area contributed by atoms with Gasteiger partial charge in [0.1, 0.15) is 0 Å². The molecule has 55 heavy (non-hydrogen) atoms. The first kappa shape index (κ1) is 30.1. The number of nitrogens with zero attached hydrogens (tertiary/aromatic N) is 3. The fourth-order valence-corrected chi connectivity index (χ4v) is 9.25. The largest absolute Gasteiger partial charge is 0.309 e. The maximum Gasteiger partial charge on any atom is 0.0795 e. The molecule has 0 bridgehead atoms. The van der Waals surface area contributed by atoms with Crippen LogP contribution in [0, 0.1) is 0 Å². The summed E-state index contributed by atoms with van der Waals surface area (Å²) in [5.74, 6) is 0. The number of aromatic nitrogens is 3. The molecule has 0 aliphatic carbocycles. The molecule has 0 N–H and O–H groups in total. The smallest absolute Gasteiger partial charge is 0.0795 e. The zero-order chi connectivity index (χ0) is 36.0. The van der Waals surface area contributed by atoms with Gasteiger partial charge in [-0.3, -0.25) is 0 Å². The van der Waals surface area contributed by atoms with Crippen molar-refractivity contribution in [1.82, 2.24) is 13.7 Å². The maximum absolute atomic E-state index is 2.49. The lowest BCUT2D eigenvalue weighted by atomic mass is 9.95. The van der Waals surface area contributed by atoms with Gasteiger partial charge in [0.05, 0.1) is 33.1 Å². The zero-order valence-corrected chi connectivity index (χ0v) is 29.9. The molecular formula is C52H33N3. The fourth-order valence-electron chi connectivity index (χ4n) is 9.25. The van der Waals surface area contributed by atoms with E-state index in [1.807, 2.05) is 0 Å². The summed E-state index contributed by atoms with van der Waals surface area (Å²) in [4.78, 5) is 0. The highest BCUT2D eigenvalue weighted by molar-refractivity contribution is 6.28. The number of para-hydroxylation sites is 5. The van der Waals surface area contributed by atoms with E-state index in [0.717, 1.165) is 11.4 Å². The summed E-state index contributed by atoms with van der Waals surface area (Å²) >= 11 is 0. The first-order valence-corrected chi connectivity index (χ1v) is 18.9. The molecule has 256 valence electrons. The van der Waals surface area contributed by atoms with E-state index in [9.17, 15) is 0 Å². The number of fused-ring (bicyclic) bond motifs is 11. The molecule has 0 amide bonds. The SMILES string of the molecule is c1ccc(-n2c3ccccc3c3cc(-c4ccc5c(c4)c4ccccc4n5-c4ccc5ccccc5c4)c4c5ccccc5n(-c5ccccc5)c4c32)cc1. The third-order valence-corrected chi connectivity index (χ3v) is 11.6. The first-order valence-electron chi connectivity index (χ1n) is 18.9. The molecule has 0 aliphatic rings. The predicted molar refractivity (Wildman–Crippen MR) is 232 cm³/mol. The van der Waals surface area contributed by atoms with Gasteiger partial charge in [0, 0.05) is 49.4 Å². The molecule has 0 unspecified atom stereocenters. The van der Waals surface area contributed by atoms with Gasteiger partial charge < -0.3 is 13.7 Å². The second kappa shape index (κ2) is 11.6. The van der Waals surface area contributed by atoms with Crippen LogP contribution >= 0.6 is 0 Å². The van der Waals surface area contributed by atoms with E-state index in [-0.39, 0.29) is 0 Å². The second-order valence-electron chi connectivity index (χ2n) is 14.5. The Morgan fingerprint density at radius 3 is 1.51 bits per heavy atom. The third kappa shape index (κ3) is 4.32. The summed E-state index contributed by atoms with van der Waals surface area (Å²) in [7, 11) is 0. The Bertz CT molecular complexity index is 3470. The van der Waals surface area contributed by atoms with E-state index in [0.29, 0.717) is 0 Å². The minimum Gasteiger partial charge on any atom is -0.309 e. The van der Waals surface area contributed by atoms with Gasteiger partial charge in [-0.2, -0.15) is 0 Å². The minimum absolute atomic E-state index is 1.14. The normalized spacial score (nSPS) is 12.0. The van der Waals surface area contributed by atoms with Crippen LogP contribution in [0.5, 0.6) is 0 Å². The molecule has 3 heterocycles. The summed E-state index contributed by atoms with van der Waals surface area (Å²) in [5.41, 5.74) is 13.1. The molecule has 0 saturated carbocycles. The van der Waals surface area contributed by atoms with Crippen LogP contribution in [-0.4, -0.2) is 13.7 Å². The average molecular weight is 700 g/mol. The van der Waals surface area contributed by atoms with Crippen molar-refractivity contribution in [3.8, 4) is 28.2 Å². The molecule has 12 aromatic rings. The van der Waals surface area contributed by atoms with Crippen molar-refractivity contribution in [3.63, 3.8) is 0 Å². The van der Waals surface area contributed by atoms with Crippen LogP contribution in [-0.2, 0) is 0 Å². The van der Waals surface area contributed by atoms with Crippen molar-refractivity contribution in [1.29, 1.82) is 0 Å². The molecule has 12 rings (SSSR count). The topological polar surface area (TPSA) is 14.8 Å². The highest BCUT2D eigenvalue weighted by atomic mass is 15.0. The van der Waals surface area contributed by atoms with Crippen molar-refractivity contribution in [2.45, 2.75) is 0 Å². The summed E-state index contributed by atoms with van der Waals surface area (Å²) in [6, 6.07) is 73.2. The van der Waals surface area contributed by atoms with Gasteiger partial charge in [0.15, 0.2) is 0 Å². The molecule has 9 aromatic carbocycles. The summed E-state index contributed by atoms with van der Waals surface area (Å²) in [6.45, 7) is 0. The van der Waals surface area contributed by atoms with E-state index >= 15 is 0 Å². The molecular weight excluding hydrogens is 667 g/mol. The van der Waals surface area contributed by atoms with Gasteiger partial charge in [0.25, 0.3) is 0 Å². The molecule has 0 radical (unpaired) electrons. The number of benzene rings is 9. The Morgan fingerprint density at radius 1 is 0.273 bits per heavy atom. The first-order chi connectivity index (χ1) is 27.3. The van der Waals surface area contributed by atoms with E-state index in [2.05, 4.69) is 214 Å². The van der Waals surface area contributed by atoms with Crippen molar-refractivity contribution >= 4 is 76.2 Å². The highest BCUT2D eigenvalue weighted by Gasteiger charge is 2.25. The molecule has 0 spiro atoms. The molecule has 3 heteroatoms. The van der Waals surface area contributed by atoms with Gasteiger partial charge in [-0.25, -0.2) is 0 Å². The lowest BCUT2D eigenvalue weighted by molar-refractivity contribution is 1.15. The molecule has 0 saturated heterocycles. The lowest BCUT2D eigenvalue weighted by Gasteiger charge is -2.14. The highest BCUT2D eigenvalue weighted by Crippen LogP contribution is 2.47. The van der Waals surface area contributed by atoms with Crippen molar-refractivity contribution in [2.75, 3.05) is 0 Å². The fraction of sp³-hybridized carbons (Fsp3) is 0. The van der Waals surface area contributed by atoms with Gasteiger partial charge in [-0.05, 0) is 94.7 Å². The second-order valence-corrected chi connectivity index (χ2v) is 14.5. The van der Waals surface area contributed by atoms with Gasteiger partial charge in [-0.15, -0.1) is 0 Å². The van der Waals surface area contributed by atoms with E-state index < -0.39 is 0 Å². The van der Waals surface area contributed by atoms with Gasteiger partial charge >= 0.3 is 0 Å². The Labute approximate surface area is 317 Å². The molecule has 3 nitrogen and oxygen atoms in total. The van der Waals surface area contributed by atoms with Gasteiger partial charge in [0.2, 0.25) is 0 Å². The minimum atomic E-state index is 1.14. The third-order valence-electron chi connectivity index (χ3n) is 11.6. The molecule has 0 fully saturated rings. The summed E-state index contributed by atoms with van der Waals surface area (Å²) in [6.07, 6.45) is 0. The Kier molecular flexibility index (Phi) is 6.34. The van der Waals surface area contributed by atoms with Crippen LogP contribution in [0.25, 0.3) is 104 Å². The van der Waals surface area contributed by atoms with Crippen molar-refractivity contribution in [2.24, 2.45) is 0 Å². The molecule has 0 atom stereocenters. The van der Waals surface area contributed by atoms with E-state index in [1.165, 1.54) is 93.0 Å². The lowest BCUT2D eigenvalue weighted by Crippen LogP contribution is -1.99. The van der Waals surface area contributed by atoms with E-state index in [1.54, 1.807) is 0 Å². The van der Waals surface area contributed by atoms with Crippen LogP contribution < -0.4 is 0 Å². The molecule has 3 aromatic heterocycles. The van der Waals surface area contributed by atoms with Crippen LogP contribution in [0.1, 0.15) is 0 Å². The molecule has 0 aliphatic heterocycles. The van der Waals surface area contributed by atoms with Crippen LogP contribution in [0.3, 0.4) is 0 Å². The van der Waals surface area contributed by atoms with Crippen LogP contribution in [0.15, 0.2) is 200 Å². The monoisotopic (exact) mass is 699 g/mol. The van der Waals surface area contributed by atoms with Crippen molar-refractivity contribution in [3.05, 3.63) is 200 Å². The number of hydrogen-bond acceptors (Lipinski definition) is 0. The Morgan fingerprint density at radius 2 is 0.800 bits per heavy atom. The Balaban J connectivity index is 1.23. The quantitative estimate of drug-likeness (QED) is 0.174. The standard InChI is InChI=1S/C52H33N3/c1-3-17-37(18-4-1)54-47-25-13-10-22-41(47)45-33-43(50-42-23-11-14-26-48(42)55(52(50)51(45)54)38-19-5-2-6-20-38)36-28-30-49-44(32-36)40-21-9-12-24-46(40)53(49)39-29-27-34-15-7-8-16-35(34)31-39/h1-33H. The zero-order valence-electron chi connectivity index (χ0n) is 29.9. The van der Waals surface area contributed by atoms with Crippen molar-refractivity contribution < 1.29 is 0 Å². The Hall–Kier alpha value is -7.36. The van der Waals surface area contributed by atoms with Crippen LogP contribution in [0.2, 0.25) is 0 Å². The summed E-state index contributed by atoms with van der Waals surface area (Å²) in [5, 5.41) is 9.94. The van der Waals surface area contributed by atoms with Crippen LogP contribution in [0.4, 0.5) is 0 Å². The summed E-state index contributed by atoms with van der Waals surface area (Å²) < 4.78 is 7.38. The maximum atomic E-state index is 2.49. The predicted octanol–water partition coefficient (Wildman–Crippen LogP) is 13.8. The van der Waals surface area contributed by atoms with E-state index in [4.69, 9.17) is 0 Å². The average Bonchev–Trinajstić information content (AvgIpc) is 3.90. The number of rotatable bonds is 4. The number of hydrogen-bond donors (Lipinski definition) is 0.